The summed E-state index contributed by atoms with van der Waals surface area (Å²) in [7, 11) is 1.66. The van der Waals surface area contributed by atoms with Crippen LogP contribution in [-0.4, -0.2) is 23.6 Å². The van der Waals surface area contributed by atoms with Gasteiger partial charge in [0.05, 0.1) is 10.2 Å². The number of pyridine rings is 1. The molecule has 2 N–H and O–H groups in total. The van der Waals surface area contributed by atoms with E-state index in [1.54, 1.807) is 19.3 Å². The van der Waals surface area contributed by atoms with Crippen molar-refractivity contribution < 1.29 is 4.79 Å². The number of hydrogen-bond acceptors (Lipinski definition) is 3. The molecule has 0 radical (unpaired) electrons. The molecule has 2 rings (SSSR count). The number of halogens is 1. The van der Waals surface area contributed by atoms with E-state index in [9.17, 15) is 9.59 Å². The molecule has 1 aromatic heterocycles. The van der Waals surface area contributed by atoms with Gasteiger partial charge in [-0.05, 0) is 60.3 Å². The van der Waals surface area contributed by atoms with Crippen molar-refractivity contribution in [2.24, 2.45) is 13.0 Å². The van der Waals surface area contributed by atoms with Crippen molar-refractivity contribution in [1.82, 2.24) is 9.88 Å². The van der Waals surface area contributed by atoms with Gasteiger partial charge in [0.1, 0.15) is 0 Å². The SMILES string of the molecule is Cn1cc(NC(=O)CCC2CCNCC2)cc(Br)c1=O. The number of carbonyl (C=O) groups is 1. The molecule has 0 unspecified atom stereocenters. The lowest BCUT2D eigenvalue weighted by Gasteiger charge is -2.22. The van der Waals surface area contributed by atoms with Gasteiger partial charge < -0.3 is 15.2 Å². The number of anilines is 1. The monoisotopic (exact) mass is 341 g/mol. The number of nitrogens with one attached hydrogen (secondary N) is 2. The Labute approximate surface area is 126 Å². The van der Waals surface area contributed by atoms with Gasteiger partial charge >= 0.3 is 0 Å². The van der Waals surface area contributed by atoms with Crippen LogP contribution in [0.1, 0.15) is 25.7 Å². The molecule has 1 saturated heterocycles. The molecule has 1 aliphatic rings. The van der Waals surface area contributed by atoms with Crippen LogP contribution in [0.3, 0.4) is 0 Å². The van der Waals surface area contributed by atoms with Crippen molar-refractivity contribution in [3.05, 3.63) is 27.1 Å². The molecule has 0 aromatic carbocycles. The van der Waals surface area contributed by atoms with Gasteiger partial charge in [-0.25, -0.2) is 0 Å². The van der Waals surface area contributed by atoms with E-state index in [1.165, 1.54) is 4.57 Å². The number of aryl methyl sites for hydroxylation is 1. The van der Waals surface area contributed by atoms with Crippen molar-refractivity contribution in [3.8, 4) is 0 Å². The summed E-state index contributed by atoms with van der Waals surface area (Å²) >= 11 is 3.20. The summed E-state index contributed by atoms with van der Waals surface area (Å²) in [5.74, 6) is 0.656. The number of aromatic nitrogens is 1. The number of amides is 1. The van der Waals surface area contributed by atoms with Crippen molar-refractivity contribution in [1.29, 1.82) is 0 Å². The Balaban J connectivity index is 1.86. The molecule has 20 heavy (non-hydrogen) atoms. The van der Waals surface area contributed by atoms with Gasteiger partial charge in [-0.3, -0.25) is 9.59 Å². The average Bonchev–Trinajstić information content (AvgIpc) is 2.43. The molecular weight excluding hydrogens is 322 g/mol. The standard InChI is InChI=1S/C14H20BrN3O2/c1-18-9-11(8-12(15)14(18)20)17-13(19)3-2-10-4-6-16-7-5-10/h8-10,16H,2-7H2,1H3,(H,17,19). The fourth-order valence-corrected chi connectivity index (χ4v) is 3.00. The fraction of sp³-hybridized carbons (Fsp3) is 0.571. The average molecular weight is 342 g/mol. The van der Waals surface area contributed by atoms with Crippen LogP contribution in [-0.2, 0) is 11.8 Å². The van der Waals surface area contributed by atoms with E-state index in [1.807, 2.05) is 0 Å². The predicted molar refractivity (Wildman–Crippen MR) is 82.8 cm³/mol. The Morgan fingerprint density at radius 3 is 2.85 bits per heavy atom. The first-order valence-electron chi connectivity index (χ1n) is 6.93. The van der Waals surface area contributed by atoms with Crippen LogP contribution in [0.2, 0.25) is 0 Å². The highest BCUT2D eigenvalue weighted by Gasteiger charge is 2.14. The second-order valence-electron chi connectivity index (χ2n) is 5.27. The van der Waals surface area contributed by atoms with Gasteiger partial charge in [-0.15, -0.1) is 0 Å². The van der Waals surface area contributed by atoms with Gasteiger partial charge in [-0.2, -0.15) is 0 Å². The van der Waals surface area contributed by atoms with Crippen molar-refractivity contribution in [2.45, 2.75) is 25.7 Å². The lowest BCUT2D eigenvalue weighted by Crippen LogP contribution is -2.28. The summed E-state index contributed by atoms with van der Waals surface area (Å²) in [6, 6.07) is 1.64. The third kappa shape index (κ3) is 4.18. The third-order valence-electron chi connectivity index (χ3n) is 3.66. The molecule has 0 atom stereocenters. The summed E-state index contributed by atoms with van der Waals surface area (Å²) in [6.45, 7) is 2.11. The Morgan fingerprint density at radius 1 is 1.50 bits per heavy atom. The van der Waals surface area contributed by atoms with Gasteiger partial charge in [-0.1, -0.05) is 0 Å². The zero-order valence-corrected chi connectivity index (χ0v) is 13.2. The molecule has 1 fully saturated rings. The predicted octanol–water partition coefficient (Wildman–Crippen LogP) is 1.87. The van der Waals surface area contributed by atoms with Crippen LogP contribution in [0, 0.1) is 5.92 Å². The number of piperidine rings is 1. The summed E-state index contributed by atoms with van der Waals surface area (Å²) in [5, 5.41) is 6.17. The third-order valence-corrected chi connectivity index (χ3v) is 4.23. The van der Waals surface area contributed by atoms with E-state index in [2.05, 4.69) is 26.6 Å². The van der Waals surface area contributed by atoms with E-state index >= 15 is 0 Å². The molecule has 0 bridgehead atoms. The van der Waals surface area contributed by atoms with E-state index < -0.39 is 0 Å². The summed E-state index contributed by atoms with van der Waals surface area (Å²) in [5.41, 5.74) is 0.534. The number of carbonyl (C=O) groups excluding carboxylic acids is 1. The molecular formula is C14H20BrN3O2. The minimum absolute atomic E-state index is 0.00841. The Bertz CT molecular complexity index is 509. The topological polar surface area (TPSA) is 63.1 Å². The minimum atomic E-state index is -0.113. The Kier molecular flexibility index (Phi) is 5.37. The first-order chi connectivity index (χ1) is 9.56. The van der Waals surface area contributed by atoms with Gasteiger partial charge in [0.2, 0.25) is 5.91 Å². The molecule has 5 nitrogen and oxygen atoms in total. The van der Waals surface area contributed by atoms with Crippen LogP contribution < -0.4 is 16.2 Å². The van der Waals surface area contributed by atoms with Crippen LogP contribution in [0.25, 0.3) is 0 Å². The van der Waals surface area contributed by atoms with Crippen LogP contribution >= 0.6 is 15.9 Å². The first-order valence-corrected chi connectivity index (χ1v) is 7.72. The van der Waals surface area contributed by atoms with Crippen LogP contribution in [0.5, 0.6) is 0 Å². The smallest absolute Gasteiger partial charge is 0.264 e. The largest absolute Gasteiger partial charge is 0.325 e. The first kappa shape index (κ1) is 15.3. The molecule has 0 saturated carbocycles. The second-order valence-corrected chi connectivity index (χ2v) is 6.13. The Hall–Kier alpha value is -1.14. The quantitative estimate of drug-likeness (QED) is 0.878. The van der Waals surface area contributed by atoms with E-state index in [-0.39, 0.29) is 11.5 Å². The van der Waals surface area contributed by atoms with E-state index in [0.717, 1.165) is 32.4 Å². The zero-order chi connectivity index (χ0) is 14.5. The highest BCUT2D eigenvalue weighted by molar-refractivity contribution is 9.10. The maximum absolute atomic E-state index is 11.9. The van der Waals surface area contributed by atoms with Crippen LogP contribution in [0.4, 0.5) is 5.69 Å². The summed E-state index contributed by atoms with van der Waals surface area (Å²) in [6.07, 6.45) is 5.40. The van der Waals surface area contributed by atoms with Crippen molar-refractivity contribution in [2.75, 3.05) is 18.4 Å². The number of hydrogen-bond donors (Lipinski definition) is 2. The fourth-order valence-electron chi connectivity index (χ4n) is 2.47. The molecule has 0 spiro atoms. The summed E-state index contributed by atoms with van der Waals surface area (Å²) in [4.78, 5) is 23.5. The van der Waals surface area contributed by atoms with E-state index in [4.69, 9.17) is 0 Å². The molecule has 0 aliphatic carbocycles. The lowest BCUT2D eigenvalue weighted by molar-refractivity contribution is -0.116. The zero-order valence-electron chi connectivity index (χ0n) is 11.6. The molecule has 110 valence electrons. The maximum atomic E-state index is 11.9. The van der Waals surface area contributed by atoms with Gasteiger partial charge in [0, 0.05) is 19.7 Å². The molecule has 1 amide bonds. The van der Waals surface area contributed by atoms with Crippen molar-refractivity contribution >= 4 is 27.5 Å². The Morgan fingerprint density at radius 2 is 2.20 bits per heavy atom. The van der Waals surface area contributed by atoms with Crippen LogP contribution in [0.15, 0.2) is 21.5 Å². The highest BCUT2D eigenvalue weighted by atomic mass is 79.9. The summed E-state index contributed by atoms with van der Waals surface area (Å²) < 4.78 is 1.91. The van der Waals surface area contributed by atoms with Gasteiger partial charge in [0.25, 0.3) is 5.56 Å². The highest BCUT2D eigenvalue weighted by Crippen LogP contribution is 2.18. The number of rotatable bonds is 4. The second kappa shape index (κ2) is 7.04. The minimum Gasteiger partial charge on any atom is -0.325 e. The van der Waals surface area contributed by atoms with E-state index in [0.29, 0.717) is 22.5 Å². The molecule has 1 aliphatic heterocycles. The normalized spacial score (nSPS) is 16.1. The lowest BCUT2D eigenvalue weighted by atomic mass is 9.93. The molecule has 1 aromatic rings. The van der Waals surface area contributed by atoms with Crippen molar-refractivity contribution in [3.63, 3.8) is 0 Å². The van der Waals surface area contributed by atoms with Gasteiger partial charge in [0.15, 0.2) is 0 Å². The molecule has 2 heterocycles. The maximum Gasteiger partial charge on any atom is 0.264 e. The molecule has 6 heteroatoms. The number of nitrogens with zero attached hydrogens (tertiary/aromatic N) is 1.